The van der Waals surface area contributed by atoms with E-state index >= 15 is 0 Å². The molecule has 0 saturated heterocycles. The van der Waals surface area contributed by atoms with E-state index < -0.39 is 11.0 Å². The fourth-order valence-corrected chi connectivity index (χ4v) is 3.23. The van der Waals surface area contributed by atoms with Crippen molar-refractivity contribution < 1.29 is 9.72 Å². The monoisotopic (exact) mass is 391 g/mol. The summed E-state index contributed by atoms with van der Waals surface area (Å²) in [6, 6.07) is 12.8. The second-order valence-electron chi connectivity index (χ2n) is 6.68. The van der Waals surface area contributed by atoms with Crippen LogP contribution in [0.1, 0.15) is 24.1 Å². The van der Waals surface area contributed by atoms with Crippen molar-refractivity contribution in [3.8, 4) is 0 Å². The van der Waals surface area contributed by atoms with Crippen molar-refractivity contribution in [2.75, 3.05) is 10.6 Å². The molecule has 0 spiro atoms. The van der Waals surface area contributed by atoms with Gasteiger partial charge in [-0.3, -0.25) is 14.9 Å². The van der Waals surface area contributed by atoms with Crippen molar-refractivity contribution in [2.45, 2.75) is 19.9 Å². The summed E-state index contributed by atoms with van der Waals surface area (Å²) in [7, 11) is 0. The molecular formula is C19H17N7O3. The van der Waals surface area contributed by atoms with Gasteiger partial charge in [-0.05, 0) is 54.1 Å². The maximum absolute atomic E-state index is 13.2. The van der Waals surface area contributed by atoms with Crippen molar-refractivity contribution in [1.82, 2.24) is 20.2 Å². The molecule has 0 radical (unpaired) electrons. The molecule has 4 rings (SSSR count). The molecule has 2 heterocycles. The molecule has 10 heteroatoms. The predicted molar refractivity (Wildman–Crippen MR) is 105 cm³/mol. The Morgan fingerprint density at radius 3 is 2.48 bits per heavy atom. The van der Waals surface area contributed by atoms with Crippen LogP contribution in [0.3, 0.4) is 0 Å². The molecule has 1 aromatic heterocycles. The average molecular weight is 391 g/mol. The number of benzene rings is 2. The minimum Gasteiger partial charge on any atom is -0.326 e. The number of aryl methyl sites for hydroxylation is 1. The third-order valence-electron chi connectivity index (χ3n) is 4.69. The summed E-state index contributed by atoms with van der Waals surface area (Å²) in [4.78, 5) is 23.7. The van der Waals surface area contributed by atoms with Crippen LogP contribution in [0, 0.1) is 17.0 Å². The van der Waals surface area contributed by atoms with Crippen molar-refractivity contribution in [1.29, 1.82) is 0 Å². The molecule has 0 saturated carbocycles. The molecule has 0 unspecified atom stereocenters. The van der Waals surface area contributed by atoms with Gasteiger partial charge in [-0.1, -0.05) is 22.8 Å². The van der Waals surface area contributed by atoms with Crippen LogP contribution in [-0.2, 0) is 4.79 Å². The van der Waals surface area contributed by atoms with Gasteiger partial charge in [0.2, 0.25) is 5.95 Å². The van der Waals surface area contributed by atoms with Gasteiger partial charge in [0.15, 0.2) is 0 Å². The van der Waals surface area contributed by atoms with E-state index in [4.69, 9.17) is 0 Å². The van der Waals surface area contributed by atoms with Crippen LogP contribution in [0.15, 0.2) is 59.8 Å². The Labute approximate surface area is 165 Å². The highest BCUT2D eigenvalue weighted by atomic mass is 16.6. The number of amides is 1. The number of hydrogen-bond donors (Lipinski definition) is 2. The molecular weight excluding hydrogens is 374 g/mol. The van der Waals surface area contributed by atoms with Crippen molar-refractivity contribution in [3.63, 3.8) is 0 Å². The molecule has 146 valence electrons. The van der Waals surface area contributed by atoms with Crippen LogP contribution in [0.2, 0.25) is 0 Å². The van der Waals surface area contributed by atoms with E-state index in [0.29, 0.717) is 28.5 Å². The van der Waals surface area contributed by atoms with E-state index in [9.17, 15) is 14.9 Å². The largest absolute Gasteiger partial charge is 0.326 e. The smallest absolute Gasteiger partial charge is 0.269 e. The topological polar surface area (TPSA) is 128 Å². The van der Waals surface area contributed by atoms with Crippen molar-refractivity contribution in [3.05, 3.63) is 81.0 Å². The Morgan fingerprint density at radius 2 is 1.83 bits per heavy atom. The van der Waals surface area contributed by atoms with E-state index in [1.165, 1.54) is 16.8 Å². The maximum Gasteiger partial charge on any atom is 0.269 e. The first kappa shape index (κ1) is 18.3. The number of fused-ring (bicyclic) bond motifs is 1. The lowest BCUT2D eigenvalue weighted by molar-refractivity contribution is -0.384. The first-order valence-electron chi connectivity index (χ1n) is 8.82. The zero-order chi connectivity index (χ0) is 20.5. The van der Waals surface area contributed by atoms with Crippen LogP contribution in [-0.4, -0.2) is 31.0 Å². The number of nitro benzene ring substituents is 1. The van der Waals surface area contributed by atoms with Gasteiger partial charge in [-0.2, -0.15) is 4.68 Å². The molecule has 3 aromatic rings. The van der Waals surface area contributed by atoms with E-state index in [1.807, 2.05) is 31.2 Å². The fraction of sp³-hybridized carbons (Fsp3) is 0.158. The van der Waals surface area contributed by atoms with Gasteiger partial charge in [0, 0.05) is 23.5 Å². The SMILES string of the molecule is CC1=C(C(=O)Nc2ccc(C)cc2)[C@@H](c2ccc([N+](=O)[O-])cc2)n2nnnc2N1. The molecule has 10 nitrogen and oxygen atoms in total. The highest BCUT2D eigenvalue weighted by molar-refractivity contribution is 6.06. The third kappa shape index (κ3) is 3.43. The lowest BCUT2D eigenvalue weighted by Crippen LogP contribution is -2.31. The first-order chi connectivity index (χ1) is 13.9. The highest BCUT2D eigenvalue weighted by Crippen LogP contribution is 2.35. The van der Waals surface area contributed by atoms with Gasteiger partial charge >= 0.3 is 0 Å². The maximum atomic E-state index is 13.2. The summed E-state index contributed by atoms with van der Waals surface area (Å²) in [5.41, 5.74) is 3.37. The molecule has 1 aliphatic rings. The van der Waals surface area contributed by atoms with E-state index in [2.05, 4.69) is 26.2 Å². The Kier molecular flexibility index (Phi) is 4.51. The van der Waals surface area contributed by atoms with Crippen LogP contribution in [0.5, 0.6) is 0 Å². The number of carbonyl (C=O) groups is 1. The molecule has 29 heavy (non-hydrogen) atoms. The molecule has 0 fully saturated rings. The highest BCUT2D eigenvalue weighted by Gasteiger charge is 2.34. The molecule has 2 N–H and O–H groups in total. The van der Waals surface area contributed by atoms with Gasteiger partial charge in [0.05, 0.1) is 10.5 Å². The average Bonchev–Trinajstić information content (AvgIpc) is 3.16. The summed E-state index contributed by atoms with van der Waals surface area (Å²) >= 11 is 0. The number of nitrogens with one attached hydrogen (secondary N) is 2. The summed E-state index contributed by atoms with van der Waals surface area (Å²) < 4.78 is 1.48. The van der Waals surface area contributed by atoms with Gasteiger partial charge < -0.3 is 10.6 Å². The summed E-state index contributed by atoms with van der Waals surface area (Å²) in [6.07, 6.45) is 0. The number of hydrogen-bond acceptors (Lipinski definition) is 7. The molecule has 1 atom stereocenters. The molecule has 0 aliphatic carbocycles. The number of allylic oxidation sites excluding steroid dienone is 1. The lowest BCUT2D eigenvalue weighted by Gasteiger charge is -2.27. The number of tetrazole rings is 1. The number of rotatable bonds is 4. The molecule has 0 bridgehead atoms. The van der Waals surface area contributed by atoms with Crippen LogP contribution in [0.25, 0.3) is 0 Å². The Hall–Kier alpha value is -4.08. The first-order valence-corrected chi connectivity index (χ1v) is 8.82. The normalized spacial score (nSPS) is 15.4. The number of carbonyl (C=O) groups excluding carboxylic acids is 1. The summed E-state index contributed by atoms with van der Waals surface area (Å²) in [5, 5.41) is 28.5. The minimum atomic E-state index is -0.632. The van der Waals surface area contributed by atoms with E-state index in [-0.39, 0.29) is 11.6 Å². The Morgan fingerprint density at radius 1 is 1.14 bits per heavy atom. The Balaban J connectivity index is 1.74. The van der Waals surface area contributed by atoms with E-state index in [0.717, 1.165) is 5.56 Å². The number of non-ortho nitro benzene ring substituents is 1. The van der Waals surface area contributed by atoms with Gasteiger partial charge in [0.25, 0.3) is 11.6 Å². The number of nitro groups is 1. The van der Waals surface area contributed by atoms with Crippen LogP contribution in [0.4, 0.5) is 17.3 Å². The standard InChI is InChI=1S/C19H17N7O3/c1-11-3-7-14(8-4-11)21-18(27)16-12(2)20-19-22-23-24-25(19)17(16)13-5-9-15(10-6-13)26(28)29/h3-10,17H,1-2H3,(H,21,27)(H,20,22,24)/t17-/m1/s1. The predicted octanol–water partition coefficient (Wildman–Crippen LogP) is 2.82. The minimum absolute atomic E-state index is 0.0361. The Bertz CT molecular complexity index is 1120. The van der Waals surface area contributed by atoms with Crippen molar-refractivity contribution in [2.24, 2.45) is 0 Å². The number of nitrogens with zero attached hydrogens (tertiary/aromatic N) is 5. The van der Waals surface area contributed by atoms with Crippen molar-refractivity contribution >= 4 is 23.2 Å². The summed E-state index contributed by atoms with van der Waals surface area (Å²) in [6.45, 7) is 3.73. The number of aromatic nitrogens is 4. The molecule has 1 amide bonds. The second kappa shape index (κ2) is 7.15. The quantitative estimate of drug-likeness (QED) is 0.517. The molecule has 1 aliphatic heterocycles. The fourth-order valence-electron chi connectivity index (χ4n) is 3.23. The summed E-state index contributed by atoms with van der Waals surface area (Å²) in [5.74, 6) is 0.0705. The second-order valence-corrected chi connectivity index (χ2v) is 6.68. The zero-order valence-electron chi connectivity index (χ0n) is 15.7. The van der Waals surface area contributed by atoms with Gasteiger partial charge in [-0.25, -0.2) is 0 Å². The van der Waals surface area contributed by atoms with E-state index in [1.54, 1.807) is 19.1 Å². The zero-order valence-corrected chi connectivity index (χ0v) is 15.7. The molecule has 2 aromatic carbocycles. The third-order valence-corrected chi connectivity index (χ3v) is 4.69. The number of anilines is 2. The van der Waals surface area contributed by atoms with Crippen LogP contribution < -0.4 is 10.6 Å². The van der Waals surface area contributed by atoms with Gasteiger partial charge in [-0.15, -0.1) is 0 Å². The van der Waals surface area contributed by atoms with Gasteiger partial charge in [0.1, 0.15) is 6.04 Å². The van der Waals surface area contributed by atoms with Crippen LogP contribution >= 0.6 is 0 Å². The lowest BCUT2D eigenvalue weighted by atomic mass is 9.95.